The van der Waals surface area contributed by atoms with Crippen molar-refractivity contribution in [3.63, 3.8) is 0 Å². The van der Waals surface area contributed by atoms with Crippen molar-refractivity contribution in [2.24, 2.45) is 5.92 Å². The number of piperidine rings is 1. The summed E-state index contributed by atoms with van der Waals surface area (Å²) in [6, 6.07) is 4.23. The summed E-state index contributed by atoms with van der Waals surface area (Å²) in [6.07, 6.45) is 2.51. The number of fused-ring (bicyclic) bond motifs is 1. The maximum Gasteiger partial charge on any atom is 0.410 e. The molecule has 28 heavy (non-hydrogen) atoms. The van der Waals surface area contributed by atoms with Gasteiger partial charge in [0.15, 0.2) is 5.58 Å². The predicted octanol–water partition coefficient (Wildman–Crippen LogP) is 4.15. The minimum atomic E-state index is -0.505. The summed E-state index contributed by atoms with van der Waals surface area (Å²) in [6.45, 7) is 7.30. The van der Waals surface area contributed by atoms with Gasteiger partial charge >= 0.3 is 12.2 Å². The topological polar surface area (TPSA) is 108 Å². The molecule has 1 amide bonds. The van der Waals surface area contributed by atoms with Gasteiger partial charge in [-0.2, -0.15) is 4.98 Å². The van der Waals surface area contributed by atoms with Crippen molar-refractivity contribution in [1.29, 1.82) is 0 Å². The van der Waals surface area contributed by atoms with E-state index in [1.54, 1.807) is 4.90 Å². The Labute approximate surface area is 162 Å². The zero-order chi connectivity index (χ0) is 20.3. The molecule has 1 aliphatic heterocycles. The van der Waals surface area contributed by atoms with Gasteiger partial charge in [-0.3, -0.25) is 10.1 Å². The van der Waals surface area contributed by atoms with Crippen LogP contribution < -0.4 is 4.74 Å². The second kappa shape index (κ2) is 8.04. The number of non-ortho nitro benzene ring substituents is 1. The van der Waals surface area contributed by atoms with E-state index in [0.29, 0.717) is 36.7 Å². The number of likely N-dealkylation sites (tertiary alicyclic amines) is 1. The normalized spacial score (nSPS) is 17.5. The Morgan fingerprint density at radius 2 is 2.21 bits per heavy atom. The van der Waals surface area contributed by atoms with Crippen molar-refractivity contribution in [2.45, 2.75) is 45.6 Å². The smallest absolute Gasteiger partial charge is 0.410 e. The number of benzene rings is 1. The molecule has 2 aromatic rings. The van der Waals surface area contributed by atoms with Crippen LogP contribution in [0.2, 0.25) is 0 Å². The molecule has 152 valence electrons. The van der Waals surface area contributed by atoms with Crippen molar-refractivity contribution in [1.82, 2.24) is 9.88 Å². The number of nitro groups is 1. The number of hydrogen-bond donors (Lipinski definition) is 0. The third-order valence-electron chi connectivity index (χ3n) is 4.48. The van der Waals surface area contributed by atoms with E-state index >= 15 is 0 Å². The molecule has 2 heterocycles. The second-order valence-electron chi connectivity index (χ2n) is 7.96. The third kappa shape index (κ3) is 5.11. The van der Waals surface area contributed by atoms with Crippen LogP contribution in [0.1, 0.15) is 40.0 Å². The SMILES string of the molecule is CC(C)(C)OC(=O)N1CCCC(CCOc2nc3cc([N+](=O)[O-])ccc3o2)C1. The number of oxazole rings is 1. The molecule has 0 spiro atoms. The lowest BCUT2D eigenvalue weighted by molar-refractivity contribution is -0.384. The van der Waals surface area contributed by atoms with E-state index in [-0.39, 0.29) is 17.9 Å². The number of ether oxygens (including phenoxy) is 2. The van der Waals surface area contributed by atoms with Gasteiger partial charge in [0, 0.05) is 25.2 Å². The monoisotopic (exact) mass is 391 g/mol. The van der Waals surface area contributed by atoms with Crippen molar-refractivity contribution in [3.05, 3.63) is 28.3 Å². The van der Waals surface area contributed by atoms with Crippen LogP contribution in [-0.4, -0.2) is 46.2 Å². The Bertz CT molecular complexity index is 857. The van der Waals surface area contributed by atoms with Crippen LogP contribution in [0.25, 0.3) is 11.1 Å². The highest BCUT2D eigenvalue weighted by atomic mass is 16.6. The number of nitrogens with zero attached hydrogens (tertiary/aromatic N) is 3. The summed E-state index contributed by atoms with van der Waals surface area (Å²) >= 11 is 0. The standard InChI is InChI=1S/C19H25N3O6/c1-19(2,3)28-18(23)21-9-4-5-13(12-21)8-10-26-17-20-15-11-14(22(24)25)6-7-16(15)27-17/h6-7,11,13H,4-5,8-10,12H2,1-3H3. The van der Waals surface area contributed by atoms with Gasteiger partial charge in [0.2, 0.25) is 0 Å². The highest BCUT2D eigenvalue weighted by molar-refractivity contribution is 5.75. The summed E-state index contributed by atoms with van der Waals surface area (Å²) in [4.78, 5) is 28.5. The van der Waals surface area contributed by atoms with E-state index < -0.39 is 10.5 Å². The van der Waals surface area contributed by atoms with Crippen molar-refractivity contribution >= 4 is 22.9 Å². The molecule has 1 atom stereocenters. The summed E-state index contributed by atoms with van der Waals surface area (Å²) in [5.41, 5.74) is 0.277. The molecule has 9 heteroatoms. The second-order valence-corrected chi connectivity index (χ2v) is 7.96. The molecule has 0 aliphatic carbocycles. The van der Waals surface area contributed by atoms with E-state index in [1.807, 2.05) is 20.8 Å². The van der Waals surface area contributed by atoms with Crippen LogP contribution in [0.5, 0.6) is 6.08 Å². The van der Waals surface area contributed by atoms with Gasteiger partial charge in [-0.25, -0.2) is 4.79 Å². The summed E-state index contributed by atoms with van der Waals surface area (Å²) in [5.74, 6) is 0.312. The molecule has 1 aromatic carbocycles. The lowest BCUT2D eigenvalue weighted by atomic mass is 9.95. The molecular weight excluding hydrogens is 366 g/mol. The molecular formula is C19H25N3O6. The van der Waals surface area contributed by atoms with E-state index in [2.05, 4.69) is 4.98 Å². The minimum Gasteiger partial charge on any atom is -0.450 e. The van der Waals surface area contributed by atoms with Crippen LogP contribution in [0, 0.1) is 16.0 Å². The fourth-order valence-corrected chi connectivity index (χ4v) is 3.18. The molecule has 9 nitrogen and oxygen atoms in total. The first-order valence-corrected chi connectivity index (χ1v) is 9.37. The first-order valence-electron chi connectivity index (χ1n) is 9.37. The zero-order valence-electron chi connectivity index (χ0n) is 16.3. The molecule has 1 fully saturated rings. The highest BCUT2D eigenvalue weighted by Crippen LogP contribution is 2.26. The number of carbonyl (C=O) groups is 1. The van der Waals surface area contributed by atoms with Crippen LogP contribution >= 0.6 is 0 Å². The van der Waals surface area contributed by atoms with Gasteiger partial charge in [0.1, 0.15) is 11.1 Å². The number of rotatable bonds is 5. The first-order chi connectivity index (χ1) is 13.2. The fourth-order valence-electron chi connectivity index (χ4n) is 3.18. The fraction of sp³-hybridized carbons (Fsp3) is 0.579. The first kappa shape index (κ1) is 19.9. The van der Waals surface area contributed by atoms with E-state index in [4.69, 9.17) is 13.9 Å². The molecule has 0 saturated carbocycles. The third-order valence-corrected chi connectivity index (χ3v) is 4.48. The van der Waals surface area contributed by atoms with E-state index in [9.17, 15) is 14.9 Å². The van der Waals surface area contributed by atoms with Crippen LogP contribution in [0.3, 0.4) is 0 Å². The Hall–Kier alpha value is -2.84. The quantitative estimate of drug-likeness (QED) is 0.556. The molecule has 1 unspecified atom stereocenters. The largest absolute Gasteiger partial charge is 0.450 e. The Morgan fingerprint density at radius 3 is 2.93 bits per heavy atom. The van der Waals surface area contributed by atoms with Crippen LogP contribution in [-0.2, 0) is 4.74 Å². The number of amides is 1. The molecule has 3 rings (SSSR count). The van der Waals surface area contributed by atoms with Gasteiger partial charge < -0.3 is 18.8 Å². The van der Waals surface area contributed by atoms with Gasteiger partial charge in [0.25, 0.3) is 5.69 Å². The molecule has 0 radical (unpaired) electrons. The molecule has 1 aromatic heterocycles. The lowest BCUT2D eigenvalue weighted by Gasteiger charge is -2.34. The van der Waals surface area contributed by atoms with Gasteiger partial charge in [-0.1, -0.05) is 0 Å². The van der Waals surface area contributed by atoms with Crippen molar-refractivity contribution in [3.8, 4) is 6.08 Å². The van der Waals surface area contributed by atoms with Gasteiger partial charge in [-0.05, 0) is 52.0 Å². The van der Waals surface area contributed by atoms with Crippen LogP contribution in [0.15, 0.2) is 22.6 Å². The maximum absolute atomic E-state index is 12.2. The summed E-state index contributed by atoms with van der Waals surface area (Å²) in [7, 11) is 0. The zero-order valence-corrected chi connectivity index (χ0v) is 16.3. The summed E-state index contributed by atoms with van der Waals surface area (Å²) in [5, 5.41) is 10.8. The van der Waals surface area contributed by atoms with Crippen molar-refractivity contribution in [2.75, 3.05) is 19.7 Å². The average Bonchev–Trinajstić information content (AvgIpc) is 3.02. The average molecular weight is 391 g/mol. The molecule has 1 saturated heterocycles. The van der Waals surface area contributed by atoms with Gasteiger partial charge in [0.05, 0.1) is 11.5 Å². The van der Waals surface area contributed by atoms with Crippen LogP contribution in [0.4, 0.5) is 10.5 Å². The Kier molecular flexibility index (Phi) is 5.71. The number of nitro benzene ring substituents is 1. The van der Waals surface area contributed by atoms with Crippen molar-refractivity contribution < 1.29 is 23.6 Å². The number of carbonyl (C=O) groups excluding carboxylic acids is 1. The lowest BCUT2D eigenvalue weighted by Crippen LogP contribution is -2.43. The Balaban J connectivity index is 1.51. The van der Waals surface area contributed by atoms with E-state index in [1.165, 1.54) is 18.2 Å². The molecule has 1 aliphatic rings. The molecule has 0 N–H and O–H groups in total. The molecule has 0 bridgehead atoms. The van der Waals surface area contributed by atoms with Gasteiger partial charge in [-0.15, -0.1) is 0 Å². The Morgan fingerprint density at radius 1 is 1.43 bits per heavy atom. The number of aromatic nitrogens is 1. The summed E-state index contributed by atoms with van der Waals surface area (Å²) < 4.78 is 16.5. The predicted molar refractivity (Wildman–Crippen MR) is 101 cm³/mol. The minimum absolute atomic E-state index is 0.0446. The number of hydrogen-bond acceptors (Lipinski definition) is 7. The van der Waals surface area contributed by atoms with E-state index in [0.717, 1.165) is 19.3 Å². The maximum atomic E-state index is 12.2. The highest BCUT2D eigenvalue weighted by Gasteiger charge is 2.27.